The van der Waals surface area contributed by atoms with Crippen molar-refractivity contribution in [3.63, 3.8) is 0 Å². The van der Waals surface area contributed by atoms with E-state index in [2.05, 4.69) is 31.6 Å². The van der Waals surface area contributed by atoms with Crippen LogP contribution in [0.5, 0.6) is 0 Å². The molecule has 0 saturated carbocycles. The molecule has 8 nitrogen and oxygen atoms in total. The average Bonchev–Trinajstić information content (AvgIpc) is 3.30. The van der Waals surface area contributed by atoms with E-state index in [0.717, 1.165) is 55.1 Å². The van der Waals surface area contributed by atoms with E-state index in [4.69, 9.17) is 0 Å². The third-order valence-electron chi connectivity index (χ3n) is 5.53. The first-order valence-corrected chi connectivity index (χ1v) is 9.64. The Morgan fingerprint density at radius 1 is 1.14 bits per heavy atom. The molecule has 1 saturated heterocycles. The van der Waals surface area contributed by atoms with Crippen molar-refractivity contribution >= 4 is 34.3 Å². The van der Waals surface area contributed by atoms with Crippen LogP contribution >= 0.6 is 0 Å². The highest BCUT2D eigenvalue weighted by Crippen LogP contribution is 2.34. The first-order valence-electron chi connectivity index (χ1n) is 9.64. The fourth-order valence-corrected chi connectivity index (χ4v) is 4.17. The zero-order valence-electron chi connectivity index (χ0n) is 15.9. The van der Waals surface area contributed by atoms with Gasteiger partial charge in [-0.1, -0.05) is 0 Å². The molecule has 1 fully saturated rings. The van der Waals surface area contributed by atoms with Crippen LogP contribution in [0.4, 0.5) is 22.0 Å². The van der Waals surface area contributed by atoms with Gasteiger partial charge in [-0.15, -0.1) is 0 Å². The Kier molecular flexibility index (Phi) is 4.12. The molecule has 0 aromatic carbocycles. The van der Waals surface area contributed by atoms with Gasteiger partial charge in [0.25, 0.3) is 0 Å². The third kappa shape index (κ3) is 2.77. The molecule has 3 aromatic heterocycles. The van der Waals surface area contributed by atoms with Crippen LogP contribution in [-0.2, 0) is 13.5 Å². The lowest BCUT2D eigenvalue weighted by molar-refractivity contribution is 0.257. The molecule has 8 heteroatoms. The maximum absolute atomic E-state index is 13.0. The monoisotopic (exact) mass is 377 g/mol. The smallest absolute Gasteiger partial charge is 0.327 e. The predicted octanol–water partition coefficient (Wildman–Crippen LogP) is 1.97. The van der Waals surface area contributed by atoms with Gasteiger partial charge in [-0.3, -0.25) is 4.90 Å². The fourth-order valence-electron chi connectivity index (χ4n) is 4.17. The summed E-state index contributed by atoms with van der Waals surface area (Å²) in [6.45, 7) is 4.56. The number of urea groups is 1. The summed E-state index contributed by atoms with van der Waals surface area (Å²) in [5.74, 6) is 0.770. The standard InChI is InChI=1S/C20H23N7O/c1-25-13-16(14-3-2-6-22-18(14)25)24-20(28)27-10-5-15-17(4-7-23-19(15)27)26-11-8-21-9-12-26/h2-4,6-7,13,21H,5,8-12H2,1H3,(H,24,28). The van der Waals surface area contributed by atoms with Gasteiger partial charge in [0.15, 0.2) is 0 Å². The van der Waals surface area contributed by atoms with Crippen LogP contribution in [0, 0.1) is 0 Å². The fraction of sp³-hybridized carbons (Fsp3) is 0.350. The molecule has 0 radical (unpaired) electrons. The summed E-state index contributed by atoms with van der Waals surface area (Å²) in [6.07, 6.45) is 6.29. The molecule has 0 spiro atoms. The average molecular weight is 377 g/mol. The molecule has 28 heavy (non-hydrogen) atoms. The van der Waals surface area contributed by atoms with Crippen LogP contribution < -0.4 is 20.4 Å². The lowest BCUT2D eigenvalue weighted by atomic mass is 10.1. The SMILES string of the molecule is Cn1cc(NC(=O)N2CCc3c(N4CCNCC4)ccnc32)c2cccnc21. The molecule has 2 aliphatic heterocycles. The summed E-state index contributed by atoms with van der Waals surface area (Å²) in [5.41, 5.74) is 3.98. The molecule has 0 aliphatic carbocycles. The van der Waals surface area contributed by atoms with E-state index in [1.807, 2.05) is 36.1 Å². The predicted molar refractivity (Wildman–Crippen MR) is 110 cm³/mol. The number of carbonyl (C=O) groups is 1. The van der Waals surface area contributed by atoms with Gasteiger partial charge in [-0.2, -0.15) is 0 Å². The van der Waals surface area contributed by atoms with Crippen LogP contribution in [0.2, 0.25) is 0 Å². The van der Waals surface area contributed by atoms with E-state index in [-0.39, 0.29) is 6.03 Å². The number of nitrogens with one attached hydrogen (secondary N) is 2. The molecule has 5 heterocycles. The molecule has 3 aromatic rings. The summed E-state index contributed by atoms with van der Waals surface area (Å²) in [6, 6.07) is 5.77. The van der Waals surface area contributed by atoms with Crippen molar-refractivity contribution in [3.05, 3.63) is 42.4 Å². The van der Waals surface area contributed by atoms with Gasteiger partial charge in [0.05, 0.1) is 5.69 Å². The van der Waals surface area contributed by atoms with E-state index < -0.39 is 0 Å². The van der Waals surface area contributed by atoms with Crippen molar-refractivity contribution in [1.82, 2.24) is 19.9 Å². The largest absolute Gasteiger partial charge is 0.369 e. The molecule has 5 rings (SSSR count). The first kappa shape index (κ1) is 17.0. The van der Waals surface area contributed by atoms with Crippen LogP contribution in [0.1, 0.15) is 5.56 Å². The van der Waals surface area contributed by atoms with Crippen molar-refractivity contribution < 1.29 is 4.79 Å². The molecule has 0 unspecified atom stereocenters. The van der Waals surface area contributed by atoms with Crippen molar-refractivity contribution in [3.8, 4) is 0 Å². The van der Waals surface area contributed by atoms with Gasteiger partial charge in [-0.05, 0) is 24.6 Å². The molecule has 0 atom stereocenters. The Morgan fingerprint density at radius 3 is 2.86 bits per heavy atom. The zero-order valence-corrected chi connectivity index (χ0v) is 15.9. The van der Waals surface area contributed by atoms with E-state index in [1.54, 1.807) is 11.1 Å². The maximum atomic E-state index is 13.0. The van der Waals surface area contributed by atoms with Crippen LogP contribution in [-0.4, -0.2) is 53.3 Å². The van der Waals surface area contributed by atoms with Crippen molar-refractivity contribution in [2.75, 3.05) is 47.8 Å². The van der Waals surface area contributed by atoms with E-state index >= 15 is 0 Å². The Balaban J connectivity index is 1.42. The zero-order chi connectivity index (χ0) is 19.1. The number of aryl methyl sites for hydroxylation is 1. The normalized spacial score (nSPS) is 16.5. The number of anilines is 3. The van der Waals surface area contributed by atoms with Gasteiger partial charge in [-0.25, -0.2) is 14.8 Å². The highest BCUT2D eigenvalue weighted by Gasteiger charge is 2.30. The summed E-state index contributed by atoms with van der Waals surface area (Å²) in [5, 5.41) is 7.37. The van der Waals surface area contributed by atoms with E-state index in [9.17, 15) is 4.79 Å². The second-order valence-corrected chi connectivity index (χ2v) is 7.23. The molecule has 2 amide bonds. The van der Waals surface area contributed by atoms with Gasteiger partial charge >= 0.3 is 6.03 Å². The topological polar surface area (TPSA) is 78.3 Å². The van der Waals surface area contributed by atoms with Crippen molar-refractivity contribution in [1.29, 1.82) is 0 Å². The van der Waals surface area contributed by atoms with Crippen molar-refractivity contribution in [2.24, 2.45) is 7.05 Å². The number of rotatable bonds is 2. The quantitative estimate of drug-likeness (QED) is 0.714. The molecular formula is C20H23N7O. The summed E-state index contributed by atoms with van der Waals surface area (Å²) >= 11 is 0. The van der Waals surface area contributed by atoms with Crippen LogP contribution in [0.25, 0.3) is 11.0 Å². The van der Waals surface area contributed by atoms with Gasteiger partial charge in [0, 0.05) is 75.0 Å². The number of aromatic nitrogens is 3. The van der Waals surface area contributed by atoms with Gasteiger partial charge in [0.2, 0.25) is 0 Å². The highest BCUT2D eigenvalue weighted by atomic mass is 16.2. The molecule has 2 aliphatic rings. The molecule has 144 valence electrons. The number of pyridine rings is 2. The highest BCUT2D eigenvalue weighted by molar-refractivity contribution is 6.07. The Labute approximate surface area is 163 Å². The number of hydrogen-bond donors (Lipinski definition) is 2. The Bertz CT molecular complexity index is 1040. The van der Waals surface area contributed by atoms with Crippen LogP contribution in [0.3, 0.4) is 0 Å². The van der Waals surface area contributed by atoms with Crippen LogP contribution in [0.15, 0.2) is 36.8 Å². The number of nitrogens with zero attached hydrogens (tertiary/aromatic N) is 5. The number of piperazine rings is 1. The summed E-state index contributed by atoms with van der Waals surface area (Å²) in [4.78, 5) is 26.1. The number of carbonyl (C=O) groups excluding carboxylic acids is 1. The summed E-state index contributed by atoms with van der Waals surface area (Å²) in [7, 11) is 1.93. The Hall–Kier alpha value is -3.13. The summed E-state index contributed by atoms with van der Waals surface area (Å²) < 4.78 is 1.92. The minimum absolute atomic E-state index is 0.153. The molecule has 2 N–H and O–H groups in total. The van der Waals surface area contributed by atoms with Gasteiger partial charge in [0.1, 0.15) is 11.5 Å². The van der Waals surface area contributed by atoms with E-state index in [1.165, 1.54) is 11.3 Å². The second-order valence-electron chi connectivity index (χ2n) is 7.23. The second kappa shape index (κ2) is 6.79. The lowest BCUT2D eigenvalue weighted by Crippen LogP contribution is -2.43. The number of hydrogen-bond acceptors (Lipinski definition) is 5. The first-order chi connectivity index (χ1) is 13.7. The molecule has 0 bridgehead atoms. The van der Waals surface area contributed by atoms with E-state index in [0.29, 0.717) is 6.54 Å². The maximum Gasteiger partial charge on any atom is 0.327 e. The Morgan fingerprint density at radius 2 is 2.00 bits per heavy atom. The third-order valence-corrected chi connectivity index (χ3v) is 5.53. The molecular weight excluding hydrogens is 354 g/mol. The van der Waals surface area contributed by atoms with Gasteiger partial charge < -0.3 is 20.1 Å². The minimum atomic E-state index is -0.153. The number of amides is 2. The van der Waals surface area contributed by atoms with Crippen molar-refractivity contribution in [2.45, 2.75) is 6.42 Å². The number of fused-ring (bicyclic) bond motifs is 2. The lowest BCUT2D eigenvalue weighted by Gasteiger charge is -2.30. The minimum Gasteiger partial charge on any atom is -0.369 e.